The van der Waals surface area contributed by atoms with Crippen molar-refractivity contribution >= 4 is 21.6 Å². The van der Waals surface area contributed by atoms with Crippen molar-refractivity contribution in [3.63, 3.8) is 0 Å². The molecule has 2 nitrogen and oxygen atoms in total. The Morgan fingerprint density at radius 2 is 2.00 bits per heavy atom. The molecule has 1 saturated carbocycles. The van der Waals surface area contributed by atoms with Crippen LogP contribution in [0, 0.1) is 24.2 Å². The lowest BCUT2D eigenvalue weighted by Gasteiger charge is -2.27. The molecule has 1 aromatic rings. The van der Waals surface area contributed by atoms with Gasteiger partial charge in [-0.2, -0.15) is 5.26 Å². The van der Waals surface area contributed by atoms with Crippen LogP contribution in [0.5, 0.6) is 0 Å². The van der Waals surface area contributed by atoms with Crippen LogP contribution in [0.25, 0.3) is 0 Å². The molecule has 17 heavy (non-hydrogen) atoms. The number of benzene rings is 1. The zero-order chi connectivity index (χ0) is 12.3. The molecule has 0 bridgehead atoms. The molecule has 0 saturated heterocycles. The fourth-order valence-corrected chi connectivity index (χ4v) is 2.70. The van der Waals surface area contributed by atoms with Crippen molar-refractivity contribution in [2.75, 3.05) is 5.32 Å². The molecule has 0 radical (unpaired) electrons. The molecule has 2 rings (SSSR count). The first-order chi connectivity index (χ1) is 8.19. The van der Waals surface area contributed by atoms with E-state index in [2.05, 4.69) is 52.4 Å². The summed E-state index contributed by atoms with van der Waals surface area (Å²) >= 11 is 3.50. The van der Waals surface area contributed by atoms with Gasteiger partial charge in [-0.25, -0.2) is 0 Å². The Bertz CT molecular complexity index is 428. The Balaban J connectivity index is 1.98. The maximum absolute atomic E-state index is 8.87. The van der Waals surface area contributed by atoms with Crippen molar-refractivity contribution < 1.29 is 0 Å². The topological polar surface area (TPSA) is 35.8 Å². The van der Waals surface area contributed by atoms with Gasteiger partial charge in [-0.3, -0.25) is 0 Å². The van der Waals surface area contributed by atoms with Crippen LogP contribution in [0.1, 0.15) is 31.2 Å². The summed E-state index contributed by atoms with van der Waals surface area (Å²) in [7, 11) is 0. The molecule has 1 fully saturated rings. The van der Waals surface area contributed by atoms with Gasteiger partial charge >= 0.3 is 0 Å². The highest BCUT2D eigenvalue weighted by Crippen LogP contribution is 2.28. The van der Waals surface area contributed by atoms with Crippen molar-refractivity contribution in [1.82, 2.24) is 0 Å². The van der Waals surface area contributed by atoms with Gasteiger partial charge in [-0.1, -0.05) is 22.0 Å². The summed E-state index contributed by atoms with van der Waals surface area (Å²) in [5, 5.41) is 12.5. The Morgan fingerprint density at radius 1 is 1.29 bits per heavy atom. The Morgan fingerprint density at radius 3 is 2.65 bits per heavy atom. The SMILES string of the molecule is Cc1ccc(Br)cc1NC1CCC(C#N)CC1. The van der Waals surface area contributed by atoms with Gasteiger partial charge in [0.05, 0.1) is 6.07 Å². The van der Waals surface area contributed by atoms with E-state index in [1.165, 1.54) is 11.3 Å². The van der Waals surface area contributed by atoms with E-state index in [-0.39, 0.29) is 5.92 Å². The third-order valence-electron chi connectivity index (χ3n) is 3.47. The van der Waals surface area contributed by atoms with E-state index in [4.69, 9.17) is 5.26 Å². The average Bonchev–Trinajstić information content (AvgIpc) is 2.35. The minimum Gasteiger partial charge on any atom is -0.382 e. The van der Waals surface area contributed by atoms with Gasteiger partial charge in [0.25, 0.3) is 0 Å². The van der Waals surface area contributed by atoms with Crippen molar-refractivity contribution in [1.29, 1.82) is 5.26 Å². The Labute approximate surface area is 111 Å². The first kappa shape index (κ1) is 12.4. The summed E-state index contributed by atoms with van der Waals surface area (Å²) < 4.78 is 1.11. The van der Waals surface area contributed by atoms with Crippen LogP contribution < -0.4 is 5.32 Å². The standard InChI is InChI=1S/C14H17BrN2/c1-10-2-5-12(15)8-14(10)17-13-6-3-11(9-16)4-7-13/h2,5,8,11,13,17H,3-4,6-7H2,1H3. The minimum atomic E-state index is 0.275. The second-order valence-electron chi connectivity index (χ2n) is 4.78. The van der Waals surface area contributed by atoms with E-state index in [1.54, 1.807) is 0 Å². The number of nitrogens with zero attached hydrogens (tertiary/aromatic N) is 1. The third kappa shape index (κ3) is 3.23. The van der Waals surface area contributed by atoms with Crippen LogP contribution in [-0.2, 0) is 0 Å². The van der Waals surface area contributed by atoms with Crippen molar-refractivity contribution in [2.24, 2.45) is 5.92 Å². The molecule has 1 aliphatic rings. The van der Waals surface area contributed by atoms with Gasteiger partial charge in [0, 0.05) is 22.1 Å². The highest BCUT2D eigenvalue weighted by atomic mass is 79.9. The number of hydrogen-bond acceptors (Lipinski definition) is 2. The van der Waals surface area contributed by atoms with Gasteiger partial charge < -0.3 is 5.32 Å². The first-order valence-corrected chi connectivity index (χ1v) is 6.90. The molecule has 0 aliphatic heterocycles. The molecule has 1 aromatic carbocycles. The maximum atomic E-state index is 8.87. The van der Waals surface area contributed by atoms with Gasteiger partial charge in [0.1, 0.15) is 0 Å². The molecule has 0 aromatic heterocycles. The predicted molar refractivity (Wildman–Crippen MR) is 73.9 cm³/mol. The number of nitriles is 1. The summed E-state index contributed by atoms with van der Waals surface area (Å²) in [6, 6.07) is 9.21. The second-order valence-corrected chi connectivity index (χ2v) is 5.70. The highest BCUT2D eigenvalue weighted by molar-refractivity contribution is 9.10. The molecule has 1 N–H and O–H groups in total. The summed E-state index contributed by atoms with van der Waals surface area (Å²) in [5.74, 6) is 0.275. The van der Waals surface area contributed by atoms with Crippen LogP contribution >= 0.6 is 15.9 Å². The lowest BCUT2D eigenvalue weighted by molar-refractivity contribution is 0.397. The van der Waals surface area contributed by atoms with E-state index in [1.807, 2.05) is 0 Å². The number of rotatable bonds is 2. The van der Waals surface area contributed by atoms with Crippen LogP contribution in [0.4, 0.5) is 5.69 Å². The van der Waals surface area contributed by atoms with Crippen molar-refractivity contribution in [3.05, 3.63) is 28.2 Å². The van der Waals surface area contributed by atoms with E-state index in [0.29, 0.717) is 6.04 Å². The van der Waals surface area contributed by atoms with Gasteiger partial charge in [0.15, 0.2) is 0 Å². The van der Waals surface area contributed by atoms with Crippen LogP contribution in [0.2, 0.25) is 0 Å². The molecule has 3 heteroatoms. The third-order valence-corrected chi connectivity index (χ3v) is 3.96. The maximum Gasteiger partial charge on any atom is 0.0655 e. The molecule has 0 amide bonds. The minimum absolute atomic E-state index is 0.275. The predicted octanol–water partition coefficient (Wildman–Crippen LogP) is 4.25. The second kappa shape index (κ2) is 5.55. The number of halogens is 1. The van der Waals surface area contributed by atoms with Crippen molar-refractivity contribution in [3.8, 4) is 6.07 Å². The number of anilines is 1. The van der Waals surface area contributed by atoms with Crippen LogP contribution in [-0.4, -0.2) is 6.04 Å². The molecule has 0 atom stereocenters. The Hall–Kier alpha value is -1.01. The lowest BCUT2D eigenvalue weighted by atomic mass is 9.87. The van der Waals surface area contributed by atoms with E-state index < -0.39 is 0 Å². The normalized spacial score (nSPS) is 24.1. The molecule has 1 aliphatic carbocycles. The zero-order valence-electron chi connectivity index (χ0n) is 10.0. The van der Waals surface area contributed by atoms with E-state index in [9.17, 15) is 0 Å². The number of hydrogen-bond donors (Lipinski definition) is 1. The summed E-state index contributed by atoms with van der Waals surface area (Å²) in [4.78, 5) is 0. The lowest BCUT2D eigenvalue weighted by Crippen LogP contribution is -2.25. The van der Waals surface area contributed by atoms with Crippen molar-refractivity contribution in [2.45, 2.75) is 38.6 Å². The van der Waals surface area contributed by atoms with Crippen LogP contribution in [0.3, 0.4) is 0 Å². The Kier molecular flexibility index (Phi) is 4.06. The molecular formula is C14H17BrN2. The van der Waals surface area contributed by atoms with E-state index >= 15 is 0 Å². The monoisotopic (exact) mass is 292 g/mol. The number of aryl methyl sites for hydroxylation is 1. The van der Waals surface area contributed by atoms with Gasteiger partial charge in [-0.15, -0.1) is 0 Å². The average molecular weight is 293 g/mol. The smallest absolute Gasteiger partial charge is 0.0655 e. The van der Waals surface area contributed by atoms with Crippen LogP contribution in [0.15, 0.2) is 22.7 Å². The quantitative estimate of drug-likeness (QED) is 0.884. The molecule has 0 heterocycles. The van der Waals surface area contributed by atoms with Gasteiger partial charge in [-0.05, 0) is 50.3 Å². The molecule has 0 spiro atoms. The fraction of sp³-hybridized carbons (Fsp3) is 0.500. The summed E-state index contributed by atoms with van der Waals surface area (Å²) in [6.07, 6.45) is 4.26. The fourth-order valence-electron chi connectivity index (χ4n) is 2.34. The largest absolute Gasteiger partial charge is 0.382 e. The highest BCUT2D eigenvalue weighted by Gasteiger charge is 2.20. The van der Waals surface area contributed by atoms with E-state index in [0.717, 1.165) is 30.2 Å². The number of nitrogens with one attached hydrogen (secondary N) is 1. The molecular weight excluding hydrogens is 276 g/mol. The first-order valence-electron chi connectivity index (χ1n) is 6.11. The molecule has 90 valence electrons. The summed E-state index contributed by atoms with van der Waals surface area (Å²) in [5.41, 5.74) is 2.48. The summed E-state index contributed by atoms with van der Waals surface area (Å²) in [6.45, 7) is 2.12. The molecule has 0 unspecified atom stereocenters. The zero-order valence-corrected chi connectivity index (χ0v) is 11.6. The van der Waals surface area contributed by atoms with Gasteiger partial charge in [0.2, 0.25) is 0 Å².